The molecule has 2 N–H and O–H groups in total. The first kappa shape index (κ1) is 25.1. The van der Waals surface area contributed by atoms with Crippen LogP contribution >= 0.6 is 0 Å². The van der Waals surface area contributed by atoms with Gasteiger partial charge >= 0.3 is 0 Å². The summed E-state index contributed by atoms with van der Waals surface area (Å²) < 4.78 is 27.0. The lowest BCUT2D eigenvalue weighted by atomic mass is 9.68. The summed E-state index contributed by atoms with van der Waals surface area (Å²) in [5, 5.41) is 6.79. The molecule has 2 saturated carbocycles. The van der Waals surface area contributed by atoms with Crippen molar-refractivity contribution in [2.24, 2.45) is 17.8 Å². The average molecular weight is 530 g/mol. The van der Waals surface area contributed by atoms with Crippen molar-refractivity contribution in [1.29, 1.82) is 0 Å². The molecule has 7 heteroatoms. The van der Waals surface area contributed by atoms with E-state index in [9.17, 15) is 13.2 Å². The molecule has 3 aromatic carbocycles. The summed E-state index contributed by atoms with van der Waals surface area (Å²) in [6.45, 7) is 4.48. The van der Waals surface area contributed by atoms with Crippen LogP contribution in [-0.4, -0.2) is 31.7 Å². The first-order valence-corrected chi connectivity index (χ1v) is 15.2. The Balaban J connectivity index is 1.24. The number of nitrogens with zero attached hydrogens (tertiary/aromatic N) is 1. The number of amides is 1. The fourth-order valence-corrected chi connectivity index (χ4v) is 8.70. The molecule has 0 radical (unpaired) electrons. The Morgan fingerprint density at radius 1 is 0.947 bits per heavy atom. The van der Waals surface area contributed by atoms with E-state index < -0.39 is 10.0 Å². The van der Waals surface area contributed by atoms with Crippen LogP contribution in [0.2, 0.25) is 0 Å². The minimum Gasteiger partial charge on any atom is -0.378 e. The highest BCUT2D eigenvalue weighted by Crippen LogP contribution is 2.63. The van der Waals surface area contributed by atoms with Crippen molar-refractivity contribution < 1.29 is 13.2 Å². The molecule has 6 nitrogen and oxygen atoms in total. The van der Waals surface area contributed by atoms with Gasteiger partial charge in [-0.1, -0.05) is 44.2 Å². The van der Waals surface area contributed by atoms with E-state index in [1.54, 1.807) is 24.3 Å². The molecule has 1 aliphatic heterocycles. The lowest BCUT2D eigenvalue weighted by Crippen LogP contribution is -2.35. The maximum atomic E-state index is 13.3. The molecule has 0 saturated heterocycles. The van der Waals surface area contributed by atoms with E-state index in [0.717, 1.165) is 11.6 Å². The predicted molar refractivity (Wildman–Crippen MR) is 151 cm³/mol. The van der Waals surface area contributed by atoms with Crippen molar-refractivity contribution in [2.75, 3.05) is 23.7 Å². The molecule has 2 bridgehead atoms. The molecule has 3 aromatic rings. The van der Waals surface area contributed by atoms with E-state index in [0.29, 0.717) is 48.1 Å². The zero-order chi connectivity index (χ0) is 26.4. The van der Waals surface area contributed by atoms with Crippen LogP contribution in [0.1, 0.15) is 66.6 Å². The molecule has 0 spiro atoms. The van der Waals surface area contributed by atoms with Crippen LogP contribution in [0.15, 0.2) is 77.7 Å². The van der Waals surface area contributed by atoms with Crippen molar-refractivity contribution in [2.45, 2.75) is 50.0 Å². The summed E-state index contributed by atoms with van der Waals surface area (Å²) in [5.74, 6) is 2.22. The van der Waals surface area contributed by atoms with Crippen molar-refractivity contribution in [3.63, 3.8) is 0 Å². The van der Waals surface area contributed by atoms with E-state index in [1.807, 2.05) is 19.9 Å². The highest BCUT2D eigenvalue weighted by Gasteiger charge is 2.53. The maximum absolute atomic E-state index is 13.3. The molecule has 5 atom stereocenters. The summed E-state index contributed by atoms with van der Waals surface area (Å²) in [5.41, 5.74) is 4.95. The van der Waals surface area contributed by atoms with Gasteiger partial charge in [0.25, 0.3) is 5.91 Å². The molecular weight excluding hydrogens is 494 g/mol. The minimum atomic E-state index is -3.53. The van der Waals surface area contributed by atoms with Crippen molar-refractivity contribution in [3.8, 4) is 0 Å². The number of carbonyl (C=O) groups is 1. The van der Waals surface area contributed by atoms with Gasteiger partial charge in [0.1, 0.15) is 0 Å². The van der Waals surface area contributed by atoms with Crippen LogP contribution in [-0.2, 0) is 10.0 Å². The molecular formula is C31H35N3O3S. The summed E-state index contributed by atoms with van der Waals surface area (Å²) in [6.07, 6.45) is 3.84. The van der Waals surface area contributed by atoms with E-state index in [-0.39, 0.29) is 10.8 Å². The first-order chi connectivity index (χ1) is 18.4. The average Bonchev–Trinajstić information content (AvgIpc) is 3.57. The van der Waals surface area contributed by atoms with Crippen LogP contribution in [0.3, 0.4) is 0 Å². The Hall–Kier alpha value is -3.16. The minimum absolute atomic E-state index is 0.183. The Kier molecular flexibility index (Phi) is 6.52. The smallest absolute Gasteiger partial charge is 0.255 e. The highest BCUT2D eigenvalue weighted by atomic mass is 32.2. The van der Waals surface area contributed by atoms with Gasteiger partial charge in [-0.2, -0.15) is 4.31 Å². The second kappa shape index (κ2) is 9.86. The van der Waals surface area contributed by atoms with Gasteiger partial charge in [0, 0.05) is 30.0 Å². The lowest BCUT2D eigenvalue weighted by molar-refractivity contribution is 0.102. The van der Waals surface area contributed by atoms with E-state index in [2.05, 4.69) is 53.1 Å². The standard InChI is InChI=1S/C31H35N3O3S/c1-3-34(4-2)38(36,37)25-15-13-24(14-16-25)32-31(35)23-12-17-27-26(19-23)28-21-10-11-22(18-21)29(28)30(33-27)20-8-6-5-7-9-20/h5-9,12-17,19,21-22,28-30,33H,3-4,10-11,18H2,1-2H3,(H,32,35)/t21-,22-,28-,29+,30-/m0/s1. The maximum Gasteiger partial charge on any atom is 0.255 e. The van der Waals surface area contributed by atoms with Crippen LogP contribution < -0.4 is 10.6 Å². The van der Waals surface area contributed by atoms with Gasteiger partial charge in [-0.15, -0.1) is 0 Å². The SMILES string of the molecule is CCN(CC)S(=O)(=O)c1ccc(NC(=O)c2ccc3c(c2)[C@@H]2[C@H]4CC[C@@H](C4)[C@H]2[C@H](c2ccccc2)N3)cc1. The summed E-state index contributed by atoms with van der Waals surface area (Å²) in [7, 11) is -3.53. The number of benzene rings is 3. The van der Waals surface area contributed by atoms with Gasteiger partial charge in [0.2, 0.25) is 10.0 Å². The Labute approximate surface area is 225 Å². The zero-order valence-corrected chi connectivity index (χ0v) is 22.7. The number of anilines is 2. The predicted octanol–water partition coefficient (Wildman–Crippen LogP) is 6.27. The van der Waals surface area contributed by atoms with Gasteiger partial charge in [0.05, 0.1) is 10.9 Å². The van der Waals surface area contributed by atoms with Gasteiger partial charge in [0.15, 0.2) is 0 Å². The molecule has 3 aliphatic rings. The van der Waals surface area contributed by atoms with Crippen LogP contribution in [0.5, 0.6) is 0 Å². The highest BCUT2D eigenvalue weighted by molar-refractivity contribution is 7.89. The Bertz CT molecular complexity index is 1430. The summed E-state index contributed by atoms with van der Waals surface area (Å²) in [4.78, 5) is 13.5. The number of carbonyl (C=O) groups excluding carboxylic acids is 1. The monoisotopic (exact) mass is 529 g/mol. The van der Waals surface area contributed by atoms with Gasteiger partial charge in [-0.05, 0) is 96.5 Å². The molecule has 0 unspecified atom stereocenters. The molecule has 2 aliphatic carbocycles. The van der Waals surface area contributed by atoms with Crippen molar-refractivity contribution in [3.05, 3.63) is 89.5 Å². The van der Waals surface area contributed by atoms with E-state index in [1.165, 1.54) is 34.7 Å². The fourth-order valence-electron chi connectivity index (χ4n) is 7.24. The van der Waals surface area contributed by atoms with Crippen LogP contribution in [0, 0.1) is 17.8 Å². The van der Waals surface area contributed by atoms with Crippen LogP contribution in [0.25, 0.3) is 0 Å². The van der Waals surface area contributed by atoms with Gasteiger partial charge in [-0.3, -0.25) is 4.79 Å². The molecule has 6 rings (SSSR count). The Morgan fingerprint density at radius 2 is 1.66 bits per heavy atom. The van der Waals surface area contributed by atoms with Gasteiger partial charge in [-0.25, -0.2) is 8.42 Å². The summed E-state index contributed by atoms with van der Waals surface area (Å²) in [6, 6.07) is 23.5. The van der Waals surface area contributed by atoms with Crippen molar-refractivity contribution in [1.82, 2.24) is 4.31 Å². The second-order valence-electron chi connectivity index (χ2n) is 10.8. The normalized spacial score (nSPS) is 25.5. The molecule has 1 amide bonds. The fraction of sp³-hybridized carbons (Fsp3) is 0.387. The number of rotatable bonds is 7. The molecule has 38 heavy (non-hydrogen) atoms. The number of hydrogen-bond acceptors (Lipinski definition) is 4. The number of hydrogen-bond donors (Lipinski definition) is 2. The Morgan fingerprint density at radius 3 is 2.37 bits per heavy atom. The molecule has 198 valence electrons. The quantitative estimate of drug-likeness (QED) is 0.378. The van der Waals surface area contributed by atoms with E-state index >= 15 is 0 Å². The van der Waals surface area contributed by atoms with Crippen molar-refractivity contribution >= 4 is 27.3 Å². The first-order valence-electron chi connectivity index (χ1n) is 13.8. The third-order valence-electron chi connectivity index (χ3n) is 8.96. The molecule has 0 aromatic heterocycles. The van der Waals surface area contributed by atoms with E-state index in [4.69, 9.17) is 0 Å². The summed E-state index contributed by atoms with van der Waals surface area (Å²) >= 11 is 0. The largest absolute Gasteiger partial charge is 0.378 e. The van der Waals surface area contributed by atoms with Crippen LogP contribution in [0.4, 0.5) is 11.4 Å². The molecule has 2 fully saturated rings. The topological polar surface area (TPSA) is 78.5 Å². The number of fused-ring (bicyclic) bond motifs is 7. The van der Waals surface area contributed by atoms with Gasteiger partial charge < -0.3 is 10.6 Å². The third kappa shape index (κ3) is 4.22. The number of nitrogens with one attached hydrogen (secondary N) is 2. The molecule has 1 heterocycles. The number of sulfonamides is 1. The lowest BCUT2D eigenvalue weighted by Gasteiger charge is -2.43. The zero-order valence-electron chi connectivity index (χ0n) is 21.9. The second-order valence-corrected chi connectivity index (χ2v) is 12.8. The third-order valence-corrected chi connectivity index (χ3v) is 11.0.